The van der Waals surface area contributed by atoms with Gasteiger partial charge in [-0.25, -0.2) is 9.59 Å². The molecule has 2 aromatic carbocycles. The Morgan fingerprint density at radius 1 is 1.07 bits per heavy atom. The standard InChI is InChI=1S/C21H19NO5/c1-2-3-11-26-20(24)15-8-6-9-16(12-15)22-19(23)17-13-14-7-4-5-10-18(14)27-21(17)25/h4-10,12-13H,2-3,11H2,1H3,(H,22,23). The Kier molecular flexibility index (Phi) is 5.66. The van der Waals surface area contributed by atoms with Crippen LogP contribution >= 0.6 is 0 Å². The Morgan fingerprint density at radius 3 is 2.70 bits per heavy atom. The molecule has 3 rings (SSSR count). The van der Waals surface area contributed by atoms with Gasteiger partial charge in [0, 0.05) is 11.1 Å². The molecule has 27 heavy (non-hydrogen) atoms. The molecular weight excluding hydrogens is 346 g/mol. The summed E-state index contributed by atoms with van der Waals surface area (Å²) in [5, 5.41) is 3.27. The van der Waals surface area contributed by atoms with E-state index in [2.05, 4.69) is 5.32 Å². The van der Waals surface area contributed by atoms with Gasteiger partial charge in [0.1, 0.15) is 11.1 Å². The van der Waals surface area contributed by atoms with E-state index in [0.717, 1.165) is 12.8 Å². The molecule has 0 radical (unpaired) electrons. The molecule has 0 bridgehead atoms. The number of rotatable bonds is 6. The van der Waals surface area contributed by atoms with Gasteiger partial charge >= 0.3 is 11.6 Å². The van der Waals surface area contributed by atoms with Crippen LogP contribution in [0.25, 0.3) is 11.0 Å². The number of hydrogen-bond acceptors (Lipinski definition) is 5. The smallest absolute Gasteiger partial charge is 0.349 e. The first-order valence-corrected chi connectivity index (χ1v) is 8.70. The van der Waals surface area contributed by atoms with Crippen molar-refractivity contribution >= 4 is 28.5 Å². The Morgan fingerprint density at radius 2 is 1.89 bits per heavy atom. The summed E-state index contributed by atoms with van der Waals surface area (Å²) in [5.41, 5.74) is 0.300. The molecule has 1 amide bonds. The van der Waals surface area contributed by atoms with Gasteiger partial charge in [0.05, 0.1) is 12.2 Å². The van der Waals surface area contributed by atoms with Crippen molar-refractivity contribution in [2.24, 2.45) is 0 Å². The van der Waals surface area contributed by atoms with E-state index in [-0.39, 0.29) is 5.56 Å². The highest BCUT2D eigenvalue weighted by Gasteiger charge is 2.15. The van der Waals surface area contributed by atoms with E-state index in [1.54, 1.807) is 42.5 Å². The van der Waals surface area contributed by atoms with Crippen molar-refractivity contribution in [1.82, 2.24) is 0 Å². The van der Waals surface area contributed by atoms with Crippen LogP contribution in [0.2, 0.25) is 0 Å². The fourth-order valence-electron chi connectivity index (χ4n) is 2.54. The zero-order valence-corrected chi connectivity index (χ0v) is 14.9. The van der Waals surface area contributed by atoms with Gasteiger partial charge in [-0.05, 0) is 36.8 Å². The maximum atomic E-state index is 12.5. The van der Waals surface area contributed by atoms with Crippen molar-refractivity contribution in [2.75, 3.05) is 11.9 Å². The molecule has 1 N–H and O–H groups in total. The highest BCUT2D eigenvalue weighted by molar-refractivity contribution is 6.05. The molecule has 0 atom stereocenters. The topological polar surface area (TPSA) is 85.6 Å². The average molecular weight is 365 g/mol. The monoisotopic (exact) mass is 365 g/mol. The third-order valence-electron chi connectivity index (χ3n) is 3.97. The predicted molar refractivity (Wildman–Crippen MR) is 102 cm³/mol. The van der Waals surface area contributed by atoms with E-state index in [1.807, 2.05) is 6.92 Å². The minimum Gasteiger partial charge on any atom is -0.462 e. The molecule has 1 heterocycles. The lowest BCUT2D eigenvalue weighted by atomic mass is 10.1. The second kappa shape index (κ2) is 8.31. The van der Waals surface area contributed by atoms with Gasteiger partial charge in [-0.2, -0.15) is 0 Å². The molecule has 6 heteroatoms. The summed E-state index contributed by atoms with van der Waals surface area (Å²) in [5.74, 6) is -1.06. The van der Waals surface area contributed by atoms with Crippen LogP contribution in [-0.4, -0.2) is 18.5 Å². The number of hydrogen-bond donors (Lipinski definition) is 1. The minimum atomic E-state index is -0.721. The molecule has 138 valence electrons. The molecular formula is C21H19NO5. The molecule has 1 aromatic heterocycles. The van der Waals surface area contributed by atoms with Gasteiger partial charge in [0.15, 0.2) is 0 Å². The third kappa shape index (κ3) is 4.41. The van der Waals surface area contributed by atoms with Crippen molar-refractivity contribution in [3.05, 3.63) is 76.1 Å². The molecule has 0 aliphatic rings. The lowest BCUT2D eigenvalue weighted by Crippen LogP contribution is -2.20. The summed E-state index contributed by atoms with van der Waals surface area (Å²) in [7, 11) is 0. The first kappa shape index (κ1) is 18.4. The predicted octanol–water partition coefficient (Wildman–Crippen LogP) is 4.00. The van der Waals surface area contributed by atoms with Crippen LogP contribution in [0, 0.1) is 0 Å². The van der Waals surface area contributed by atoms with Gasteiger partial charge in [-0.3, -0.25) is 4.79 Å². The van der Waals surface area contributed by atoms with Gasteiger partial charge in [-0.1, -0.05) is 37.6 Å². The average Bonchev–Trinajstić information content (AvgIpc) is 2.67. The molecule has 3 aromatic rings. The molecule has 0 fully saturated rings. The number of nitrogens with one attached hydrogen (secondary N) is 1. The number of carbonyl (C=O) groups is 2. The van der Waals surface area contributed by atoms with Gasteiger partial charge in [0.2, 0.25) is 0 Å². The second-order valence-corrected chi connectivity index (χ2v) is 6.01. The molecule has 0 saturated carbocycles. The van der Waals surface area contributed by atoms with Gasteiger partial charge < -0.3 is 14.5 Å². The molecule has 6 nitrogen and oxygen atoms in total. The maximum Gasteiger partial charge on any atom is 0.349 e. The van der Waals surface area contributed by atoms with E-state index in [4.69, 9.17) is 9.15 Å². The lowest BCUT2D eigenvalue weighted by molar-refractivity contribution is 0.0499. The van der Waals surface area contributed by atoms with Crippen molar-refractivity contribution in [2.45, 2.75) is 19.8 Å². The lowest BCUT2D eigenvalue weighted by Gasteiger charge is -2.08. The van der Waals surface area contributed by atoms with Crippen molar-refractivity contribution in [3.63, 3.8) is 0 Å². The van der Waals surface area contributed by atoms with Gasteiger partial charge in [-0.15, -0.1) is 0 Å². The molecule has 0 aliphatic carbocycles. The number of carbonyl (C=O) groups excluding carboxylic acids is 2. The zero-order valence-electron chi connectivity index (χ0n) is 14.9. The van der Waals surface area contributed by atoms with Crippen LogP contribution in [0.3, 0.4) is 0 Å². The first-order chi connectivity index (χ1) is 13.1. The zero-order chi connectivity index (χ0) is 19.2. The third-order valence-corrected chi connectivity index (χ3v) is 3.97. The van der Waals surface area contributed by atoms with Crippen LogP contribution in [0.1, 0.15) is 40.5 Å². The number of esters is 1. The number of anilines is 1. The summed E-state index contributed by atoms with van der Waals surface area (Å²) in [6.07, 6.45) is 1.72. The quantitative estimate of drug-likeness (QED) is 0.405. The summed E-state index contributed by atoms with van der Waals surface area (Å²) < 4.78 is 10.3. The molecule has 0 aliphatic heterocycles. The summed E-state index contributed by atoms with van der Waals surface area (Å²) in [6, 6.07) is 14.8. The Hall–Kier alpha value is -3.41. The van der Waals surface area contributed by atoms with Crippen molar-refractivity contribution < 1.29 is 18.7 Å². The van der Waals surface area contributed by atoms with Crippen LogP contribution in [0.4, 0.5) is 5.69 Å². The first-order valence-electron chi connectivity index (χ1n) is 8.70. The normalized spacial score (nSPS) is 10.6. The SMILES string of the molecule is CCCCOC(=O)c1cccc(NC(=O)c2cc3ccccc3oc2=O)c1. The number of para-hydroxylation sites is 1. The highest BCUT2D eigenvalue weighted by atomic mass is 16.5. The number of fused-ring (bicyclic) bond motifs is 1. The minimum absolute atomic E-state index is 0.107. The fourth-order valence-corrected chi connectivity index (χ4v) is 2.54. The fraction of sp³-hybridized carbons (Fsp3) is 0.190. The Labute approximate surface area is 155 Å². The van der Waals surface area contributed by atoms with E-state index in [1.165, 1.54) is 12.1 Å². The highest BCUT2D eigenvalue weighted by Crippen LogP contribution is 2.16. The Bertz CT molecular complexity index is 1040. The van der Waals surface area contributed by atoms with E-state index in [0.29, 0.717) is 28.8 Å². The molecule has 0 saturated heterocycles. The molecule has 0 spiro atoms. The maximum absolute atomic E-state index is 12.5. The van der Waals surface area contributed by atoms with E-state index in [9.17, 15) is 14.4 Å². The van der Waals surface area contributed by atoms with E-state index >= 15 is 0 Å². The summed E-state index contributed by atoms with van der Waals surface area (Å²) in [6.45, 7) is 2.36. The number of benzene rings is 2. The van der Waals surface area contributed by atoms with Crippen LogP contribution in [-0.2, 0) is 4.74 Å². The van der Waals surface area contributed by atoms with Crippen molar-refractivity contribution in [1.29, 1.82) is 0 Å². The number of ether oxygens (including phenoxy) is 1. The number of unbranched alkanes of at least 4 members (excludes halogenated alkanes) is 1. The van der Waals surface area contributed by atoms with Crippen LogP contribution in [0.5, 0.6) is 0 Å². The Balaban J connectivity index is 1.78. The van der Waals surface area contributed by atoms with E-state index < -0.39 is 17.5 Å². The van der Waals surface area contributed by atoms with Crippen molar-refractivity contribution in [3.8, 4) is 0 Å². The van der Waals surface area contributed by atoms with Crippen LogP contribution < -0.4 is 10.9 Å². The number of amides is 1. The second-order valence-electron chi connectivity index (χ2n) is 6.01. The van der Waals surface area contributed by atoms with Gasteiger partial charge in [0.25, 0.3) is 5.91 Å². The summed E-state index contributed by atoms with van der Waals surface area (Å²) >= 11 is 0. The molecule has 0 unspecified atom stereocenters. The van der Waals surface area contributed by atoms with Crippen LogP contribution in [0.15, 0.2) is 63.8 Å². The largest absolute Gasteiger partial charge is 0.462 e. The summed E-state index contributed by atoms with van der Waals surface area (Å²) in [4.78, 5) is 36.6.